The second-order valence-corrected chi connectivity index (χ2v) is 8.59. The Morgan fingerprint density at radius 2 is 1.80 bits per heavy atom. The normalized spacial score (nSPS) is 16.2. The molecular weight excluding hydrogens is 400 g/mol. The molecule has 0 saturated carbocycles. The molecule has 0 atom stereocenters. The number of nitrogens with one attached hydrogen (secondary N) is 1. The minimum atomic E-state index is -0.0871. The lowest BCUT2D eigenvalue weighted by Gasteiger charge is -2.36. The van der Waals surface area contributed by atoms with Crippen molar-refractivity contribution in [2.45, 2.75) is 19.4 Å². The van der Waals surface area contributed by atoms with Crippen LogP contribution in [0.2, 0.25) is 0 Å². The number of carbonyl (C=O) groups is 2. The Balaban J connectivity index is 1.17. The van der Waals surface area contributed by atoms with Crippen molar-refractivity contribution in [1.29, 1.82) is 0 Å². The fourth-order valence-corrected chi connectivity index (χ4v) is 4.86. The summed E-state index contributed by atoms with van der Waals surface area (Å²) in [7, 11) is 1.66. The third kappa shape index (κ3) is 4.70. The number of thiophene rings is 1. The van der Waals surface area contributed by atoms with Crippen molar-refractivity contribution < 1.29 is 14.3 Å². The van der Waals surface area contributed by atoms with Crippen molar-refractivity contribution in [3.8, 4) is 5.75 Å². The van der Waals surface area contributed by atoms with E-state index in [1.807, 2.05) is 34.1 Å². The van der Waals surface area contributed by atoms with Crippen LogP contribution in [0, 0.1) is 0 Å². The highest BCUT2D eigenvalue weighted by Crippen LogP contribution is 2.24. The lowest BCUT2D eigenvalue weighted by atomic mass is 10.1. The van der Waals surface area contributed by atoms with E-state index in [1.54, 1.807) is 18.4 Å². The summed E-state index contributed by atoms with van der Waals surface area (Å²) >= 11 is 1.77. The summed E-state index contributed by atoms with van der Waals surface area (Å²) in [6.45, 7) is 4.75. The molecule has 30 heavy (non-hydrogen) atoms. The zero-order chi connectivity index (χ0) is 20.9. The summed E-state index contributed by atoms with van der Waals surface area (Å²) < 4.78 is 5.20. The number of carbonyl (C=O) groups excluding carboxylic acids is 2. The molecule has 0 radical (unpaired) electrons. The van der Waals surface area contributed by atoms with Crippen molar-refractivity contribution >= 4 is 29.0 Å². The maximum absolute atomic E-state index is 12.5. The van der Waals surface area contributed by atoms with Gasteiger partial charge in [0.1, 0.15) is 5.75 Å². The highest BCUT2D eigenvalue weighted by atomic mass is 32.1. The third-order valence-corrected chi connectivity index (χ3v) is 6.80. The number of ether oxygens (including phenoxy) is 1. The van der Waals surface area contributed by atoms with Crippen LogP contribution in [0.4, 0.5) is 10.5 Å². The van der Waals surface area contributed by atoms with Crippen molar-refractivity contribution in [3.63, 3.8) is 0 Å². The van der Waals surface area contributed by atoms with Crippen LogP contribution in [0.1, 0.15) is 16.9 Å². The molecule has 1 saturated heterocycles. The van der Waals surface area contributed by atoms with Gasteiger partial charge in [-0.2, -0.15) is 0 Å². The molecule has 1 aromatic heterocycles. The lowest BCUT2D eigenvalue weighted by Crippen LogP contribution is -2.52. The molecule has 1 fully saturated rings. The number of rotatable bonds is 5. The van der Waals surface area contributed by atoms with Gasteiger partial charge in [-0.3, -0.25) is 4.79 Å². The average molecular weight is 429 g/mol. The van der Waals surface area contributed by atoms with E-state index < -0.39 is 0 Å². The van der Waals surface area contributed by atoms with Crippen LogP contribution in [0.15, 0.2) is 35.7 Å². The van der Waals surface area contributed by atoms with E-state index in [9.17, 15) is 9.59 Å². The number of anilines is 1. The van der Waals surface area contributed by atoms with E-state index in [2.05, 4.69) is 21.7 Å². The molecule has 2 aliphatic rings. The number of hydrogen-bond acceptors (Lipinski definition) is 5. The number of methoxy groups -OCH3 is 1. The molecule has 0 aliphatic carbocycles. The van der Waals surface area contributed by atoms with Gasteiger partial charge in [-0.1, -0.05) is 0 Å². The molecule has 8 heteroatoms. The number of piperazine rings is 1. The van der Waals surface area contributed by atoms with E-state index >= 15 is 0 Å². The van der Waals surface area contributed by atoms with E-state index in [1.165, 1.54) is 10.4 Å². The molecule has 7 nitrogen and oxygen atoms in total. The van der Waals surface area contributed by atoms with E-state index in [-0.39, 0.29) is 11.9 Å². The standard InChI is InChI=1S/C22H28N4O3S/c1-29-19-4-2-18(3-5-19)24-11-13-25(14-12-24)22(28)23-9-6-21(27)26-10-7-20-17(16-26)8-15-30-20/h2-5,8,15H,6-7,9-14,16H2,1H3,(H,23,28). The average Bonchev–Trinajstić information content (AvgIpc) is 3.27. The summed E-state index contributed by atoms with van der Waals surface area (Å²) in [6, 6.07) is 10.0. The summed E-state index contributed by atoms with van der Waals surface area (Å²) in [5, 5.41) is 5.00. The van der Waals surface area contributed by atoms with Gasteiger partial charge < -0.3 is 24.8 Å². The number of amides is 3. The van der Waals surface area contributed by atoms with Gasteiger partial charge >= 0.3 is 6.03 Å². The van der Waals surface area contributed by atoms with Gasteiger partial charge in [-0.25, -0.2) is 4.79 Å². The maximum atomic E-state index is 12.5. The molecule has 0 bridgehead atoms. The Kier molecular flexibility index (Phi) is 6.42. The molecule has 3 heterocycles. The first-order valence-corrected chi connectivity index (χ1v) is 11.3. The van der Waals surface area contributed by atoms with Crippen LogP contribution < -0.4 is 15.0 Å². The Hall–Kier alpha value is -2.74. The van der Waals surface area contributed by atoms with Gasteiger partial charge in [0, 0.05) is 62.8 Å². The molecule has 4 rings (SSSR count). The van der Waals surface area contributed by atoms with Crippen LogP contribution in [-0.2, 0) is 17.8 Å². The molecule has 1 N–H and O–H groups in total. The number of nitrogens with zero attached hydrogens (tertiary/aromatic N) is 3. The fourth-order valence-electron chi connectivity index (χ4n) is 3.97. The van der Waals surface area contributed by atoms with Crippen molar-refractivity contribution in [3.05, 3.63) is 46.2 Å². The smallest absolute Gasteiger partial charge is 0.317 e. The van der Waals surface area contributed by atoms with Crippen LogP contribution in [0.5, 0.6) is 5.75 Å². The van der Waals surface area contributed by atoms with Gasteiger partial charge in [-0.05, 0) is 47.7 Å². The zero-order valence-electron chi connectivity index (χ0n) is 17.3. The minimum absolute atomic E-state index is 0.0871. The monoisotopic (exact) mass is 428 g/mol. The van der Waals surface area contributed by atoms with Crippen LogP contribution in [0.25, 0.3) is 0 Å². The first kappa shape index (κ1) is 20.5. The van der Waals surface area contributed by atoms with Gasteiger partial charge in [0.2, 0.25) is 5.91 Å². The summed E-state index contributed by atoms with van der Waals surface area (Å²) in [5.74, 6) is 0.947. The molecule has 2 aliphatic heterocycles. The summed E-state index contributed by atoms with van der Waals surface area (Å²) in [5.41, 5.74) is 2.40. The second-order valence-electron chi connectivity index (χ2n) is 7.59. The highest BCUT2D eigenvalue weighted by Gasteiger charge is 2.23. The SMILES string of the molecule is COc1ccc(N2CCN(C(=O)NCCC(=O)N3CCc4sccc4C3)CC2)cc1. The van der Waals surface area contributed by atoms with Gasteiger partial charge in [0.25, 0.3) is 0 Å². The van der Waals surface area contributed by atoms with E-state index in [4.69, 9.17) is 4.74 Å². The largest absolute Gasteiger partial charge is 0.497 e. The van der Waals surface area contributed by atoms with Crippen LogP contribution in [0.3, 0.4) is 0 Å². The molecule has 0 unspecified atom stereocenters. The molecule has 3 amide bonds. The Morgan fingerprint density at radius 1 is 1.03 bits per heavy atom. The predicted molar refractivity (Wildman–Crippen MR) is 118 cm³/mol. The fraction of sp³-hybridized carbons (Fsp3) is 0.455. The molecular formula is C22H28N4O3S. The molecule has 160 valence electrons. The quantitative estimate of drug-likeness (QED) is 0.795. The van der Waals surface area contributed by atoms with Gasteiger partial charge in [0.15, 0.2) is 0 Å². The van der Waals surface area contributed by atoms with Crippen LogP contribution in [-0.4, -0.2) is 68.1 Å². The first-order chi connectivity index (χ1) is 14.6. The zero-order valence-corrected chi connectivity index (χ0v) is 18.1. The van der Waals surface area contributed by atoms with Crippen molar-refractivity contribution in [2.75, 3.05) is 51.3 Å². The van der Waals surface area contributed by atoms with E-state index in [0.29, 0.717) is 32.6 Å². The van der Waals surface area contributed by atoms with Crippen molar-refractivity contribution in [2.24, 2.45) is 0 Å². The molecule has 2 aromatic rings. The number of benzene rings is 1. The molecule has 1 aromatic carbocycles. The topological polar surface area (TPSA) is 65.1 Å². The van der Waals surface area contributed by atoms with Crippen molar-refractivity contribution in [1.82, 2.24) is 15.1 Å². The second kappa shape index (κ2) is 9.38. The summed E-state index contributed by atoms with van der Waals surface area (Å²) in [6.07, 6.45) is 1.28. The van der Waals surface area contributed by atoms with E-state index in [0.717, 1.165) is 37.5 Å². The Morgan fingerprint density at radius 3 is 2.53 bits per heavy atom. The Bertz CT molecular complexity index is 875. The number of hydrogen-bond donors (Lipinski definition) is 1. The predicted octanol–water partition coefficient (Wildman–Crippen LogP) is 2.56. The minimum Gasteiger partial charge on any atom is -0.497 e. The van der Waals surface area contributed by atoms with Gasteiger partial charge in [-0.15, -0.1) is 11.3 Å². The van der Waals surface area contributed by atoms with Crippen LogP contribution >= 0.6 is 11.3 Å². The highest BCUT2D eigenvalue weighted by molar-refractivity contribution is 7.10. The van der Waals surface area contributed by atoms with Gasteiger partial charge in [0.05, 0.1) is 7.11 Å². The Labute approximate surface area is 181 Å². The lowest BCUT2D eigenvalue weighted by molar-refractivity contribution is -0.131. The number of fused-ring (bicyclic) bond motifs is 1. The number of urea groups is 1. The first-order valence-electron chi connectivity index (χ1n) is 10.4. The maximum Gasteiger partial charge on any atom is 0.317 e. The molecule has 0 spiro atoms. The third-order valence-electron chi connectivity index (χ3n) is 5.78. The summed E-state index contributed by atoms with van der Waals surface area (Å²) in [4.78, 5) is 32.3.